The van der Waals surface area contributed by atoms with Gasteiger partial charge in [0.15, 0.2) is 0 Å². The van der Waals surface area contributed by atoms with Crippen LogP contribution in [-0.4, -0.2) is 59.6 Å². The van der Waals surface area contributed by atoms with Crippen molar-refractivity contribution in [2.45, 2.75) is 50.9 Å². The van der Waals surface area contributed by atoms with Crippen molar-refractivity contribution in [1.29, 1.82) is 0 Å². The van der Waals surface area contributed by atoms with Gasteiger partial charge < -0.3 is 29.5 Å². The van der Waals surface area contributed by atoms with Gasteiger partial charge in [0.1, 0.15) is 24.2 Å². The molecule has 39 heavy (non-hydrogen) atoms. The summed E-state index contributed by atoms with van der Waals surface area (Å²) in [6.07, 6.45) is 2.25. The van der Waals surface area contributed by atoms with Crippen molar-refractivity contribution in [3.8, 4) is 11.5 Å². The third-order valence-electron chi connectivity index (χ3n) is 8.12. The molecule has 0 unspecified atom stereocenters. The number of aromatic nitrogens is 2. The molecule has 2 N–H and O–H groups in total. The minimum absolute atomic E-state index is 0.0168. The summed E-state index contributed by atoms with van der Waals surface area (Å²) in [5.74, 6) is 2.36. The number of anilines is 1. The monoisotopic (exact) mass is 530 g/mol. The zero-order valence-electron chi connectivity index (χ0n) is 22.3. The van der Waals surface area contributed by atoms with Gasteiger partial charge in [-0.05, 0) is 41.5 Å². The summed E-state index contributed by atoms with van der Waals surface area (Å²) in [7, 11) is 0. The molecule has 1 aromatic heterocycles. The first-order valence-electron chi connectivity index (χ1n) is 13.4. The number of benzene rings is 2. The Morgan fingerprint density at radius 1 is 1.05 bits per heavy atom. The molecule has 9 heteroatoms. The van der Waals surface area contributed by atoms with E-state index in [1.165, 1.54) is 11.1 Å². The fraction of sp³-hybridized carbons (Fsp3) is 0.433. The first kappa shape index (κ1) is 25.4. The SMILES string of the molecule is CC(C)(c1ccc(OCc2ccnc(N3CC4(COC4)C3)n2)cc1)c1ccc(OC2CC(NC(=O)O)C2)cc1. The largest absolute Gasteiger partial charge is 0.490 e. The summed E-state index contributed by atoms with van der Waals surface area (Å²) in [5.41, 5.74) is 3.33. The van der Waals surface area contributed by atoms with Gasteiger partial charge in [-0.1, -0.05) is 38.1 Å². The molecular weight excluding hydrogens is 496 g/mol. The molecule has 2 saturated heterocycles. The Morgan fingerprint density at radius 3 is 2.28 bits per heavy atom. The van der Waals surface area contributed by atoms with Gasteiger partial charge in [0, 0.05) is 43.6 Å². The summed E-state index contributed by atoms with van der Waals surface area (Å²) in [6, 6.07) is 18.3. The predicted octanol–water partition coefficient (Wildman–Crippen LogP) is 4.40. The molecular formula is C30H34N4O5. The molecule has 1 aliphatic carbocycles. The first-order valence-corrected chi connectivity index (χ1v) is 13.4. The highest BCUT2D eigenvalue weighted by atomic mass is 16.5. The second-order valence-electron chi connectivity index (χ2n) is 11.5. The number of nitrogens with zero attached hydrogens (tertiary/aromatic N) is 3. The number of hydrogen-bond donors (Lipinski definition) is 2. The van der Waals surface area contributed by atoms with Crippen LogP contribution in [0.4, 0.5) is 10.7 Å². The van der Waals surface area contributed by atoms with Gasteiger partial charge in [0.05, 0.1) is 24.3 Å². The summed E-state index contributed by atoms with van der Waals surface area (Å²) < 4.78 is 17.4. The molecule has 6 rings (SSSR count). The fourth-order valence-corrected chi connectivity index (χ4v) is 5.48. The molecule has 0 atom stereocenters. The normalized spacial score (nSPS) is 21.3. The standard InChI is InChI=1S/C30H34N4O5/c1-29(2,21-5-9-25(10-6-21)39-26-13-23(14-26)33-28(35)36)20-3-7-24(8-4-20)38-15-22-11-12-31-27(32-22)34-16-30(17-34)18-37-19-30/h3-12,23,26,33H,13-19H2,1-2H3,(H,35,36). The molecule has 2 aliphatic heterocycles. The number of rotatable bonds is 9. The second-order valence-corrected chi connectivity index (χ2v) is 11.5. The number of ether oxygens (including phenoxy) is 3. The Morgan fingerprint density at radius 2 is 1.69 bits per heavy atom. The van der Waals surface area contributed by atoms with E-state index < -0.39 is 6.09 Å². The maximum atomic E-state index is 10.7. The smallest absolute Gasteiger partial charge is 0.404 e. The van der Waals surface area contributed by atoms with E-state index in [4.69, 9.17) is 24.3 Å². The number of amides is 1. The fourth-order valence-electron chi connectivity index (χ4n) is 5.48. The predicted molar refractivity (Wildman–Crippen MR) is 145 cm³/mol. The van der Waals surface area contributed by atoms with Gasteiger partial charge in [-0.15, -0.1) is 0 Å². The van der Waals surface area contributed by atoms with E-state index in [-0.39, 0.29) is 17.6 Å². The van der Waals surface area contributed by atoms with Crippen molar-refractivity contribution in [2.75, 3.05) is 31.2 Å². The maximum absolute atomic E-state index is 10.7. The molecule has 3 aromatic rings. The van der Waals surface area contributed by atoms with Crippen LogP contribution < -0.4 is 19.7 Å². The summed E-state index contributed by atoms with van der Waals surface area (Å²) >= 11 is 0. The highest BCUT2D eigenvalue weighted by molar-refractivity contribution is 5.65. The molecule has 2 aromatic carbocycles. The number of carbonyl (C=O) groups is 1. The number of nitrogens with one attached hydrogen (secondary N) is 1. The van der Waals surface area contributed by atoms with Crippen LogP contribution in [0.25, 0.3) is 0 Å². The van der Waals surface area contributed by atoms with Gasteiger partial charge in [-0.25, -0.2) is 14.8 Å². The quantitative estimate of drug-likeness (QED) is 0.420. The molecule has 0 bridgehead atoms. The summed E-state index contributed by atoms with van der Waals surface area (Å²) in [5, 5.41) is 11.3. The van der Waals surface area contributed by atoms with Crippen LogP contribution in [0.5, 0.6) is 11.5 Å². The molecule has 0 radical (unpaired) electrons. The molecule has 1 saturated carbocycles. The van der Waals surface area contributed by atoms with E-state index >= 15 is 0 Å². The van der Waals surface area contributed by atoms with Gasteiger partial charge in [0.25, 0.3) is 0 Å². The van der Waals surface area contributed by atoms with Crippen molar-refractivity contribution in [3.63, 3.8) is 0 Å². The van der Waals surface area contributed by atoms with Gasteiger partial charge in [0.2, 0.25) is 5.95 Å². The zero-order valence-corrected chi connectivity index (χ0v) is 22.3. The van der Waals surface area contributed by atoms with Gasteiger partial charge in [-0.2, -0.15) is 0 Å². The lowest BCUT2D eigenvalue weighted by Crippen LogP contribution is -2.66. The third kappa shape index (κ3) is 5.36. The van der Waals surface area contributed by atoms with Gasteiger partial charge in [-0.3, -0.25) is 0 Å². The van der Waals surface area contributed by atoms with Crippen molar-refractivity contribution in [3.05, 3.63) is 77.6 Å². The molecule has 3 fully saturated rings. The molecule has 1 amide bonds. The minimum Gasteiger partial charge on any atom is -0.490 e. The lowest BCUT2D eigenvalue weighted by Gasteiger charge is -2.54. The summed E-state index contributed by atoms with van der Waals surface area (Å²) in [6.45, 7) is 8.38. The van der Waals surface area contributed by atoms with Crippen molar-refractivity contribution >= 4 is 12.0 Å². The van der Waals surface area contributed by atoms with Crippen LogP contribution in [0, 0.1) is 5.41 Å². The topological polar surface area (TPSA) is 106 Å². The Labute approximate surface area is 228 Å². The molecule has 3 heterocycles. The zero-order chi connectivity index (χ0) is 27.0. The number of hydrogen-bond acceptors (Lipinski definition) is 7. The van der Waals surface area contributed by atoms with Crippen molar-refractivity contribution in [1.82, 2.24) is 15.3 Å². The minimum atomic E-state index is -0.982. The van der Waals surface area contributed by atoms with Crippen LogP contribution in [0.2, 0.25) is 0 Å². The lowest BCUT2D eigenvalue weighted by molar-refractivity contribution is -0.127. The highest BCUT2D eigenvalue weighted by Gasteiger charge is 2.49. The van der Waals surface area contributed by atoms with Crippen LogP contribution in [0.15, 0.2) is 60.8 Å². The average molecular weight is 531 g/mol. The number of carboxylic acid groups (broad SMARTS) is 1. The lowest BCUT2D eigenvalue weighted by atomic mass is 9.78. The van der Waals surface area contributed by atoms with Crippen molar-refractivity contribution in [2.24, 2.45) is 5.41 Å². The average Bonchev–Trinajstić information content (AvgIpc) is 2.85. The maximum Gasteiger partial charge on any atom is 0.404 e. The van der Waals surface area contributed by atoms with E-state index in [1.807, 2.05) is 30.3 Å². The summed E-state index contributed by atoms with van der Waals surface area (Å²) in [4.78, 5) is 22.1. The molecule has 204 valence electrons. The van der Waals surface area contributed by atoms with Crippen LogP contribution in [-0.2, 0) is 16.8 Å². The van der Waals surface area contributed by atoms with E-state index in [2.05, 4.69) is 53.3 Å². The first-order chi connectivity index (χ1) is 18.8. The third-order valence-corrected chi connectivity index (χ3v) is 8.12. The molecule has 1 spiro atoms. The second kappa shape index (κ2) is 10.0. The van der Waals surface area contributed by atoms with Crippen LogP contribution >= 0.6 is 0 Å². The Kier molecular flexibility index (Phi) is 6.54. The van der Waals surface area contributed by atoms with E-state index in [0.717, 1.165) is 49.4 Å². The van der Waals surface area contributed by atoms with Crippen LogP contribution in [0.1, 0.15) is 43.5 Å². The molecule has 3 aliphatic rings. The van der Waals surface area contributed by atoms with E-state index in [0.29, 0.717) is 24.9 Å². The Hall–Kier alpha value is -3.85. The van der Waals surface area contributed by atoms with Crippen LogP contribution in [0.3, 0.4) is 0 Å². The Bertz CT molecular complexity index is 1310. The Balaban J connectivity index is 1.02. The van der Waals surface area contributed by atoms with E-state index in [1.54, 1.807) is 6.20 Å². The van der Waals surface area contributed by atoms with Crippen molar-refractivity contribution < 1.29 is 24.1 Å². The van der Waals surface area contributed by atoms with Gasteiger partial charge >= 0.3 is 6.09 Å². The molecule has 9 nitrogen and oxygen atoms in total. The van der Waals surface area contributed by atoms with E-state index in [9.17, 15) is 4.79 Å². The highest BCUT2D eigenvalue weighted by Crippen LogP contribution is 2.39.